The standard InChI is InChI=1S/C17H26N2O3/c1-14(2)13-22-17(21)19-10-8-18(9-11-19)12-16(20)15-6-4-3-5-7-15/h3-7,14,16,20H,8-13H2,1-2H3. The maximum Gasteiger partial charge on any atom is 0.409 e. The SMILES string of the molecule is CC(C)COC(=O)N1CCN(CC(O)c2ccccc2)CC1. The summed E-state index contributed by atoms with van der Waals surface area (Å²) in [7, 11) is 0. The molecule has 22 heavy (non-hydrogen) atoms. The average Bonchev–Trinajstić information content (AvgIpc) is 2.54. The van der Waals surface area contributed by atoms with E-state index in [0.29, 0.717) is 32.2 Å². The maximum atomic E-state index is 11.9. The number of aliphatic hydroxyl groups is 1. The molecule has 1 aromatic carbocycles. The molecule has 0 aliphatic carbocycles. The first-order chi connectivity index (χ1) is 10.6. The summed E-state index contributed by atoms with van der Waals surface area (Å²) in [6.07, 6.45) is -0.711. The number of aliphatic hydroxyl groups excluding tert-OH is 1. The average molecular weight is 306 g/mol. The molecule has 0 radical (unpaired) electrons. The van der Waals surface area contributed by atoms with Crippen molar-refractivity contribution in [2.75, 3.05) is 39.3 Å². The van der Waals surface area contributed by atoms with Gasteiger partial charge in [0.25, 0.3) is 0 Å². The van der Waals surface area contributed by atoms with Crippen LogP contribution in [0.1, 0.15) is 25.5 Å². The van der Waals surface area contributed by atoms with E-state index in [1.165, 1.54) is 0 Å². The number of rotatable bonds is 5. The van der Waals surface area contributed by atoms with Gasteiger partial charge in [-0.3, -0.25) is 4.90 Å². The Bertz CT molecular complexity index is 456. The molecule has 122 valence electrons. The number of carbonyl (C=O) groups excluding carboxylic acids is 1. The number of hydrogen-bond acceptors (Lipinski definition) is 4. The Balaban J connectivity index is 1.74. The van der Waals surface area contributed by atoms with Crippen LogP contribution in [0.2, 0.25) is 0 Å². The summed E-state index contributed by atoms with van der Waals surface area (Å²) < 4.78 is 5.25. The molecule has 5 nitrogen and oxygen atoms in total. The van der Waals surface area contributed by atoms with Crippen molar-refractivity contribution in [3.8, 4) is 0 Å². The summed E-state index contributed by atoms with van der Waals surface area (Å²) in [4.78, 5) is 15.8. The van der Waals surface area contributed by atoms with E-state index in [2.05, 4.69) is 4.90 Å². The second-order valence-electron chi connectivity index (χ2n) is 6.18. The minimum Gasteiger partial charge on any atom is -0.449 e. The van der Waals surface area contributed by atoms with Gasteiger partial charge in [-0.15, -0.1) is 0 Å². The van der Waals surface area contributed by atoms with Crippen LogP contribution in [0.5, 0.6) is 0 Å². The third-order valence-corrected chi connectivity index (χ3v) is 3.79. The van der Waals surface area contributed by atoms with Gasteiger partial charge < -0.3 is 14.7 Å². The number of hydrogen-bond donors (Lipinski definition) is 1. The van der Waals surface area contributed by atoms with Gasteiger partial charge in [0.2, 0.25) is 0 Å². The van der Waals surface area contributed by atoms with Crippen LogP contribution >= 0.6 is 0 Å². The molecule has 1 aromatic rings. The highest BCUT2D eigenvalue weighted by atomic mass is 16.6. The summed E-state index contributed by atoms with van der Waals surface area (Å²) in [5, 5.41) is 10.2. The molecule has 0 saturated carbocycles. The fourth-order valence-corrected chi connectivity index (χ4v) is 2.47. The van der Waals surface area contributed by atoms with Gasteiger partial charge in [-0.05, 0) is 11.5 Å². The van der Waals surface area contributed by atoms with Gasteiger partial charge in [0, 0.05) is 32.7 Å². The third-order valence-electron chi connectivity index (χ3n) is 3.79. The fourth-order valence-electron chi connectivity index (χ4n) is 2.47. The Hall–Kier alpha value is -1.59. The summed E-state index contributed by atoms with van der Waals surface area (Å²) >= 11 is 0. The van der Waals surface area contributed by atoms with Gasteiger partial charge in [-0.2, -0.15) is 0 Å². The molecule has 0 aromatic heterocycles. The van der Waals surface area contributed by atoms with E-state index in [0.717, 1.165) is 18.7 Å². The van der Waals surface area contributed by atoms with Crippen LogP contribution < -0.4 is 0 Å². The highest BCUT2D eigenvalue weighted by Crippen LogP contribution is 2.15. The van der Waals surface area contributed by atoms with E-state index in [9.17, 15) is 9.90 Å². The van der Waals surface area contributed by atoms with Gasteiger partial charge in [-0.25, -0.2) is 4.79 Å². The predicted octanol–water partition coefficient (Wildman–Crippen LogP) is 2.13. The molecule has 1 amide bonds. The zero-order chi connectivity index (χ0) is 15.9. The van der Waals surface area contributed by atoms with Crippen LogP contribution in [0.4, 0.5) is 4.79 Å². The van der Waals surface area contributed by atoms with Crippen LogP contribution in [-0.2, 0) is 4.74 Å². The fraction of sp³-hybridized carbons (Fsp3) is 0.588. The van der Waals surface area contributed by atoms with Gasteiger partial charge in [0.05, 0.1) is 12.7 Å². The number of piperazine rings is 1. The lowest BCUT2D eigenvalue weighted by atomic mass is 10.1. The molecule has 1 fully saturated rings. The molecule has 1 atom stereocenters. The summed E-state index contributed by atoms with van der Waals surface area (Å²) in [6.45, 7) is 7.94. The zero-order valence-corrected chi connectivity index (χ0v) is 13.4. The van der Waals surface area contributed by atoms with E-state index in [-0.39, 0.29) is 6.09 Å². The van der Waals surface area contributed by atoms with E-state index < -0.39 is 6.10 Å². The molecule has 1 saturated heterocycles. The van der Waals surface area contributed by atoms with Crippen LogP contribution in [0, 0.1) is 5.92 Å². The van der Waals surface area contributed by atoms with Gasteiger partial charge in [-0.1, -0.05) is 44.2 Å². The van der Waals surface area contributed by atoms with Crippen molar-refractivity contribution in [3.05, 3.63) is 35.9 Å². The summed E-state index contributed by atoms with van der Waals surface area (Å²) in [5.41, 5.74) is 0.932. The Morgan fingerprint density at radius 1 is 1.18 bits per heavy atom. The minimum atomic E-state index is -0.486. The molecular weight excluding hydrogens is 280 g/mol. The van der Waals surface area contributed by atoms with Crippen molar-refractivity contribution in [2.45, 2.75) is 20.0 Å². The van der Waals surface area contributed by atoms with Crippen molar-refractivity contribution in [1.82, 2.24) is 9.80 Å². The van der Waals surface area contributed by atoms with Crippen molar-refractivity contribution in [3.63, 3.8) is 0 Å². The molecule has 2 rings (SSSR count). The van der Waals surface area contributed by atoms with Crippen LogP contribution in [0.15, 0.2) is 30.3 Å². The number of nitrogens with zero attached hydrogens (tertiary/aromatic N) is 2. The van der Waals surface area contributed by atoms with E-state index >= 15 is 0 Å². The van der Waals surface area contributed by atoms with Gasteiger partial charge in [0.15, 0.2) is 0 Å². The minimum absolute atomic E-state index is 0.225. The summed E-state index contributed by atoms with van der Waals surface area (Å²) in [6, 6.07) is 9.68. The first-order valence-electron chi connectivity index (χ1n) is 7.93. The number of ether oxygens (including phenoxy) is 1. The normalized spacial score (nSPS) is 17.5. The topological polar surface area (TPSA) is 53.0 Å². The largest absolute Gasteiger partial charge is 0.449 e. The summed E-state index contributed by atoms with van der Waals surface area (Å²) in [5.74, 6) is 0.353. The monoisotopic (exact) mass is 306 g/mol. The van der Waals surface area contributed by atoms with Gasteiger partial charge >= 0.3 is 6.09 Å². The Morgan fingerprint density at radius 2 is 1.82 bits per heavy atom. The second kappa shape index (κ2) is 8.15. The molecule has 1 unspecified atom stereocenters. The number of amides is 1. The molecule has 1 heterocycles. The maximum absolute atomic E-state index is 11.9. The smallest absolute Gasteiger partial charge is 0.409 e. The number of carbonyl (C=O) groups is 1. The third kappa shape index (κ3) is 5.00. The first kappa shape index (κ1) is 16.8. The predicted molar refractivity (Wildman–Crippen MR) is 85.6 cm³/mol. The van der Waals surface area contributed by atoms with Crippen molar-refractivity contribution in [1.29, 1.82) is 0 Å². The van der Waals surface area contributed by atoms with Crippen LogP contribution in [-0.4, -0.2) is 60.3 Å². The second-order valence-corrected chi connectivity index (χ2v) is 6.18. The Labute approximate surface area is 132 Å². The number of β-amino-alcohol motifs (C(OH)–C–C–N with tert-alkyl or cyclic N) is 1. The van der Waals surface area contributed by atoms with Crippen molar-refractivity contribution in [2.24, 2.45) is 5.92 Å². The Morgan fingerprint density at radius 3 is 2.41 bits per heavy atom. The van der Waals surface area contributed by atoms with E-state index in [1.54, 1.807) is 4.90 Å². The quantitative estimate of drug-likeness (QED) is 0.905. The van der Waals surface area contributed by atoms with Crippen LogP contribution in [0.25, 0.3) is 0 Å². The van der Waals surface area contributed by atoms with Crippen molar-refractivity contribution < 1.29 is 14.6 Å². The lowest BCUT2D eigenvalue weighted by molar-refractivity contribution is 0.0519. The molecule has 1 N–H and O–H groups in total. The highest BCUT2D eigenvalue weighted by Gasteiger charge is 2.23. The van der Waals surface area contributed by atoms with E-state index in [1.807, 2.05) is 44.2 Å². The number of benzene rings is 1. The lowest BCUT2D eigenvalue weighted by Gasteiger charge is -2.35. The zero-order valence-electron chi connectivity index (χ0n) is 13.4. The molecule has 0 bridgehead atoms. The molecule has 1 aliphatic rings. The molecule has 1 aliphatic heterocycles. The van der Waals surface area contributed by atoms with Crippen molar-refractivity contribution >= 4 is 6.09 Å². The molecular formula is C17H26N2O3. The molecule has 5 heteroatoms. The van der Waals surface area contributed by atoms with Gasteiger partial charge in [0.1, 0.15) is 0 Å². The Kier molecular flexibility index (Phi) is 6.21. The highest BCUT2D eigenvalue weighted by molar-refractivity contribution is 5.67. The molecule has 0 spiro atoms. The van der Waals surface area contributed by atoms with Crippen LogP contribution in [0.3, 0.4) is 0 Å². The van der Waals surface area contributed by atoms with E-state index in [4.69, 9.17) is 4.74 Å². The lowest BCUT2D eigenvalue weighted by Crippen LogP contribution is -2.49. The first-order valence-corrected chi connectivity index (χ1v) is 7.93.